The number of rotatable bonds is 9. The second kappa shape index (κ2) is 12.1. The first kappa shape index (κ1) is 28.8. The third-order valence-corrected chi connectivity index (χ3v) is 8.57. The number of carbonyl (C=O) groups excluding carboxylic acids is 2. The van der Waals surface area contributed by atoms with E-state index in [4.69, 9.17) is 30.5 Å². The summed E-state index contributed by atoms with van der Waals surface area (Å²) in [4.78, 5) is 33.4. The maximum absolute atomic E-state index is 13.7. The molecule has 1 saturated heterocycles. The number of benzene rings is 3. The molecule has 0 unspecified atom stereocenters. The van der Waals surface area contributed by atoms with Crippen molar-refractivity contribution in [1.29, 1.82) is 0 Å². The predicted molar refractivity (Wildman–Crippen MR) is 165 cm³/mol. The lowest BCUT2D eigenvalue weighted by Crippen LogP contribution is -2.29. The van der Waals surface area contributed by atoms with Crippen molar-refractivity contribution in [1.82, 2.24) is 4.98 Å². The summed E-state index contributed by atoms with van der Waals surface area (Å²) in [6, 6.07) is 14.4. The molecule has 1 fully saturated rings. The Morgan fingerprint density at radius 1 is 1.05 bits per heavy atom. The largest absolute Gasteiger partial charge is 0.507 e. The number of ketones is 1. The number of unbranched alkanes of at least 4 members (excludes halogenated alkanes) is 2. The topological polar surface area (TPSA) is 107 Å². The van der Waals surface area contributed by atoms with Gasteiger partial charge in [-0.05, 0) is 60.5 Å². The highest BCUT2D eigenvalue weighted by Crippen LogP contribution is 2.46. The highest BCUT2D eigenvalue weighted by atomic mass is 35.5. The monoisotopic (exact) mass is 620 g/mol. The number of halogens is 1. The molecule has 0 bridgehead atoms. The number of fused-ring (bicyclic) bond motifs is 2. The molecule has 3 heterocycles. The Hall–Kier alpha value is -4.28. The molecule has 11 heteroatoms. The molecule has 1 amide bonds. The molecule has 1 aromatic heterocycles. The Kier molecular flexibility index (Phi) is 8.14. The van der Waals surface area contributed by atoms with Crippen LogP contribution in [0.15, 0.2) is 60.2 Å². The van der Waals surface area contributed by atoms with Crippen LogP contribution in [0.1, 0.15) is 43.4 Å². The maximum Gasteiger partial charge on any atom is 0.301 e. The number of hydrogen-bond donors (Lipinski definition) is 1. The number of aliphatic hydroxyl groups is 1. The third-order valence-electron chi connectivity index (χ3n) is 7.31. The van der Waals surface area contributed by atoms with Gasteiger partial charge in [0, 0.05) is 10.6 Å². The summed E-state index contributed by atoms with van der Waals surface area (Å²) in [5, 5.41) is 12.4. The summed E-state index contributed by atoms with van der Waals surface area (Å²) in [5.74, 6) is -0.0363. The number of ether oxygens (including phenoxy) is 4. The van der Waals surface area contributed by atoms with Crippen molar-refractivity contribution in [3.05, 3.63) is 76.3 Å². The maximum atomic E-state index is 13.7. The number of Topliss-reactive ketones (excluding diaryl/α,β-unsaturated/α-hetero) is 1. The van der Waals surface area contributed by atoms with Crippen molar-refractivity contribution < 1.29 is 33.6 Å². The molecule has 0 spiro atoms. The van der Waals surface area contributed by atoms with E-state index < -0.39 is 17.7 Å². The Labute approximate surface area is 257 Å². The number of nitrogens with zero attached hydrogens (tertiary/aromatic N) is 2. The number of carbonyl (C=O) groups is 2. The lowest BCUT2D eigenvalue weighted by Gasteiger charge is -2.24. The van der Waals surface area contributed by atoms with E-state index >= 15 is 0 Å². The van der Waals surface area contributed by atoms with E-state index in [1.807, 2.05) is 0 Å². The molecular weight excluding hydrogens is 592 g/mol. The molecule has 1 atom stereocenters. The van der Waals surface area contributed by atoms with Gasteiger partial charge in [-0.15, -0.1) is 0 Å². The minimum absolute atomic E-state index is 0.0855. The number of anilines is 1. The molecule has 3 aromatic carbocycles. The molecule has 43 heavy (non-hydrogen) atoms. The molecule has 0 saturated carbocycles. The molecular formula is C32H29ClN2O7S. The van der Waals surface area contributed by atoms with Crippen LogP contribution in [0, 0.1) is 0 Å². The molecule has 0 radical (unpaired) electrons. The van der Waals surface area contributed by atoms with Gasteiger partial charge < -0.3 is 24.1 Å². The van der Waals surface area contributed by atoms with Gasteiger partial charge >= 0.3 is 5.91 Å². The van der Waals surface area contributed by atoms with E-state index in [-0.39, 0.29) is 11.3 Å². The van der Waals surface area contributed by atoms with Gasteiger partial charge in [0.2, 0.25) is 0 Å². The van der Waals surface area contributed by atoms with Crippen molar-refractivity contribution in [3.8, 4) is 23.0 Å². The minimum atomic E-state index is -1.01. The molecule has 0 aliphatic carbocycles. The molecule has 222 valence electrons. The van der Waals surface area contributed by atoms with Crippen LogP contribution in [-0.2, 0) is 9.59 Å². The van der Waals surface area contributed by atoms with Gasteiger partial charge in [0.15, 0.2) is 28.1 Å². The molecule has 6 rings (SSSR count). The second-order valence-electron chi connectivity index (χ2n) is 10.1. The van der Waals surface area contributed by atoms with E-state index in [2.05, 4.69) is 11.9 Å². The summed E-state index contributed by atoms with van der Waals surface area (Å²) in [5.41, 5.74) is 1.39. The third kappa shape index (κ3) is 5.48. The normalized spacial score (nSPS) is 17.5. The summed E-state index contributed by atoms with van der Waals surface area (Å²) in [6.07, 6.45) is 3.01. The van der Waals surface area contributed by atoms with Crippen LogP contribution in [0.3, 0.4) is 0 Å². The summed E-state index contributed by atoms with van der Waals surface area (Å²) in [7, 11) is 1.53. The first-order chi connectivity index (χ1) is 20.9. The molecule has 9 nitrogen and oxygen atoms in total. The number of amides is 1. The smallest absolute Gasteiger partial charge is 0.301 e. The van der Waals surface area contributed by atoms with Crippen molar-refractivity contribution in [3.63, 3.8) is 0 Å². The molecule has 2 aliphatic rings. The van der Waals surface area contributed by atoms with E-state index in [0.717, 1.165) is 24.0 Å². The molecule has 2 aliphatic heterocycles. The van der Waals surface area contributed by atoms with Crippen LogP contribution in [0.5, 0.6) is 23.0 Å². The number of aromatic nitrogens is 1. The zero-order valence-corrected chi connectivity index (χ0v) is 25.2. The van der Waals surface area contributed by atoms with Crippen molar-refractivity contribution in [2.45, 2.75) is 32.2 Å². The van der Waals surface area contributed by atoms with E-state index in [9.17, 15) is 14.7 Å². The SMILES string of the molecule is CCCCCOc1ccc([C@@H]2C(=C(O)c3ccc4c(c3)OCCO4)C(=O)C(=O)N2c2nc3ccc(Cl)cc3s2)cc1OC. The fourth-order valence-corrected chi connectivity index (χ4v) is 6.46. The molecule has 4 aromatic rings. The quantitative estimate of drug-likeness (QED) is 0.0929. The summed E-state index contributed by atoms with van der Waals surface area (Å²) < 4.78 is 23.7. The van der Waals surface area contributed by atoms with Crippen LogP contribution < -0.4 is 23.8 Å². The van der Waals surface area contributed by atoms with Gasteiger partial charge in [0.1, 0.15) is 19.0 Å². The highest BCUT2D eigenvalue weighted by Gasteiger charge is 2.48. The van der Waals surface area contributed by atoms with Crippen LogP contribution >= 0.6 is 22.9 Å². The predicted octanol–water partition coefficient (Wildman–Crippen LogP) is 6.92. The van der Waals surface area contributed by atoms with E-state index in [0.29, 0.717) is 69.6 Å². The van der Waals surface area contributed by atoms with Gasteiger partial charge in [-0.1, -0.05) is 48.8 Å². The second-order valence-corrected chi connectivity index (χ2v) is 11.5. The molecule has 1 N–H and O–H groups in total. The Bertz CT molecular complexity index is 1750. The van der Waals surface area contributed by atoms with Crippen LogP contribution in [0.2, 0.25) is 5.02 Å². The fraction of sp³-hybridized carbons (Fsp3) is 0.281. The first-order valence-corrected chi connectivity index (χ1v) is 15.2. The van der Waals surface area contributed by atoms with E-state index in [1.54, 1.807) is 54.6 Å². The standard InChI is InChI=1S/C32H29ClN2O7S/c1-3-4-5-12-40-22-10-6-18(15-24(22)39-2)28-27(29(36)19-7-11-23-25(16-19)42-14-13-41-23)30(37)31(38)35(28)32-34-21-9-8-20(33)17-26(21)43-32/h6-11,15-17,28,36H,3-5,12-14H2,1-2H3/t28-/m1/s1. The number of hydrogen-bond acceptors (Lipinski definition) is 9. The fourth-order valence-electron chi connectivity index (χ4n) is 5.19. The van der Waals surface area contributed by atoms with Gasteiger partial charge in [0.05, 0.1) is 35.5 Å². The van der Waals surface area contributed by atoms with Crippen molar-refractivity contribution in [2.75, 3.05) is 31.8 Å². The lowest BCUT2D eigenvalue weighted by molar-refractivity contribution is -0.132. The van der Waals surface area contributed by atoms with Gasteiger partial charge in [-0.3, -0.25) is 14.5 Å². The number of thiazole rings is 1. The average molecular weight is 621 g/mol. The number of methoxy groups -OCH3 is 1. The Balaban J connectivity index is 1.48. The van der Waals surface area contributed by atoms with Gasteiger partial charge in [-0.25, -0.2) is 4.98 Å². The zero-order valence-electron chi connectivity index (χ0n) is 23.6. The van der Waals surface area contributed by atoms with E-state index in [1.165, 1.54) is 23.3 Å². The van der Waals surface area contributed by atoms with Crippen molar-refractivity contribution in [2.24, 2.45) is 0 Å². The van der Waals surface area contributed by atoms with Crippen LogP contribution in [-0.4, -0.2) is 48.7 Å². The minimum Gasteiger partial charge on any atom is -0.507 e. The number of aliphatic hydroxyl groups excluding tert-OH is 1. The summed E-state index contributed by atoms with van der Waals surface area (Å²) in [6.45, 7) is 3.42. The Morgan fingerprint density at radius 3 is 2.65 bits per heavy atom. The summed E-state index contributed by atoms with van der Waals surface area (Å²) >= 11 is 7.44. The zero-order chi connectivity index (χ0) is 30.1. The van der Waals surface area contributed by atoms with Crippen LogP contribution in [0.4, 0.5) is 5.13 Å². The first-order valence-electron chi connectivity index (χ1n) is 14.0. The van der Waals surface area contributed by atoms with Gasteiger partial charge in [-0.2, -0.15) is 0 Å². The van der Waals surface area contributed by atoms with Crippen LogP contribution in [0.25, 0.3) is 16.0 Å². The van der Waals surface area contributed by atoms with Crippen molar-refractivity contribution >= 4 is 55.7 Å². The Morgan fingerprint density at radius 2 is 1.86 bits per heavy atom. The van der Waals surface area contributed by atoms with Gasteiger partial charge in [0.25, 0.3) is 5.78 Å². The average Bonchev–Trinajstić information content (AvgIpc) is 3.55. The lowest BCUT2D eigenvalue weighted by atomic mass is 9.95. The highest BCUT2D eigenvalue weighted by molar-refractivity contribution is 7.22.